The molecule has 1 aromatic carbocycles. The molecule has 212 valence electrons. The van der Waals surface area contributed by atoms with E-state index in [1.807, 2.05) is 0 Å². The number of hydrogen-bond acceptors (Lipinski definition) is 9. The standard InChI is InChI=1S/C26H28ClN5O7S/c1-40(36,37)19-6-7-20(22(16-19)39-13-3-10-32(35)11-14-38-15-12-32)25(33)30-21-4-2-9-28-24(21)26(34)31-23-8-5-18(27)17-29-23/h2,4-9,16-17H,3,10-15H2,1H3,(H,30,33)(H,29,31,34). The van der Waals surface area contributed by atoms with E-state index in [9.17, 15) is 23.2 Å². The molecule has 2 aromatic heterocycles. The molecule has 40 heavy (non-hydrogen) atoms. The monoisotopic (exact) mass is 589 g/mol. The van der Waals surface area contributed by atoms with Crippen LogP contribution in [0.1, 0.15) is 27.3 Å². The van der Waals surface area contributed by atoms with E-state index in [4.69, 9.17) is 21.1 Å². The predicted molar refractivity (Wildman–Crippen MR) is 148 cm³/mol. The Kier molecular flexibility index (Phi) is 9.32. The first-order valence-corrected chi connectivity index (χ1v) is 14.6. The van der Waals surface area contributed by atoms with Gasteiger partial charge in [-0.15, -0.1) is 0 Å². The van der Waals surface area contributed by atoms with Crippen LogP contribution in [0.15, 0.2) is 59.8 Å². The van der Waals surface area contributed by atoms with Crippen molar-refractivity contribution >= 4 is 44.8 Å². The molecule has 2 N–H and O–H groups in total. The minimum absolute atomic E-state index is 0.0279. The topological polar surface area (TPSA) is 160 Å². The summed E-state index contributed by atoms with van der Waals surface area (Å²) >= 11 is 5.84. The Balaban J connectivity index is 1.50. The molecule has 0 saturated carbocycles. The van der Waals surface area contributed by atoms with Gasteiger partial charge in [-0.25, -0.2) is 18.4 Å². The van der Waals surface area contributed by atoms with Crippen LogP contribution in [0.4, 0.5) is 11.5 Å². The lowest BCUT2D eigenvalue weighted by Gasteiger charge is -2.45. The number of halogens is 1. The Morgan fingerprint density at radius 2 is 1.88 bits per heavy atom. The Morgan fingerprint density at radius 1 is 1.10 bits per heavy atom. The van der Waals surface area contributed by atoms with Crippen molar-refractivity contribution in [1.29, 1.82) is 0 Å². The number of amides is 2. The number of nitrogens with one attached hydrogen (secondary N) is 2. The van der Waals surface area contributed by atoms with Crippen molar-refractivity contribution in [2.75, 3.05) is 56.3 Å². The van der Waals surface area contributed by atoms with Gasteiger partial charge < -0.3 is 30.0 Å². The van der Waals surface area contributed by atoms with Crippen LogP contribution in [-0.2, 0) is 14.6 Å². The summed E-state index contributed by atoms with van der Waals surface area (Å²) in [6, 6.07) is 10.0. The van der Waals surface area contributed by atoms with Gasteiger partial charge in [0.25, 0.3) is 11.8 Å². The van der Waals surface area contributed by atoms with Crippen LogP contribution < -0.4 is 15.4 Å². The summed E-state index contributed by atoms with van der Waals surface area (Å²) in [4.78, 5) is 34.2. The van der Waals surface area contributed by atoms with E-state index < -0.39 is 26.3 Å². The Morgan fingerprint density at radius 3 is 2.58 bits per heavy atom. The minimum atomic E-state index is -3.59. The van der Waals surface area contributed by atoms with Gasteiger partial charge in [0.15, 0.2) is 15.5 Å². The second-order valence-electron chi connectivity index (χ2n) is 9.14. The van der Waals surface area contributed by atoms with Gasteiger partial charge in [0.05, 0.1) is 47.5 Å². The smallest absolute Gasteiger partial charge is 0.277 e. The summed E-state index contributed by atoms with van der Waals surface area (Å²) in [6.45, 7) is 1.89. The van der Waals surface area contributed by atoms with Gasteiger partial charge in [0.2, 0.25) is 0 Å². The average molecular weight is 590 g/mol. The van der Waals surface area contributed by atoms with Crippen LogP contribution in [0.5, 0.6) is 5.75 Å². The lowest BCUT2D eigenvalue weighted by molar-refractivity contribution is -0.888. The molecule has 0 aliphatic carbocycles. The number of pyridine rings is 2. The van der Waals surface area contributed by atoms with E-state index in [0.29, 0.717) is 44.3 Å². The molecule has 0 radical (unpaired) electrons. The third-order valence-corrected chi connectivity index (χ3v) is 7.45. The molecular formula is C26H28ClN5O7S. The van der Waals surface area contributed by atoms with Crippen molar-refractivity contribution < 1.29 is 32.1 Å². The Hall–Kier alpha value is -3.62. The molecule has 0 atom stereocenters. The molecule has 0 unspecified atom stereocenters. The van der Waals surface area contributed by atoms with E-state index in [2.05, 4.69) is 20.6 Å². The number of carbonyl (C=O) groups excluding carboxylic acids is 2. The molecular weight excluding hydrogens is 562 g/mol. The molecule has 2 amide bonds. The number of quaternary nitrogens is 1. The summed E-state index contributed by atoms with van der Waals surface area (Å²) in [5.74, 6) is -1.00. The number of sulfone groups is 1. The van der Waals surface area contributed by atoms with Crippen LogP contribution >= 0.6 is 11.6 Å². The maximum Gasteiger partial charge on any atom is 0.277 e. The zero-order chi connectivity index (χ0) is 28.8. The number of anilines is 2. The first-order chi connectivity index (χ1) is 19.0. The molecule has 1 aliphatic heterocycles. The van der Waals surface area contributed by atoms with Crippen molar-refractivity contribution in [2.45, 2.75) is 11.3 Å². The number of aromatic nitrogens is 2. The lowest BCUT2D eigenvalue weighted by atomic mass is 10.1. The highest BCUT2D eigenvalue weighted by atomic mass is 35.5. The second kappa shape index (κ2) is 12.7. The molecule has 0 spiro atoms. The number of ether oxygens (including phenoxy) is 2. The van der Waals surface area contributed by atoms with Crippen molar-refractivity contribution in [3.63, 3.8) is 0 Å². The fourth-order valence-electron chi connectivity index (χ4n) is 3.98. The van der Waals surface area contributed by atoms with Gasteiger partial charge in [0.1, 0.15) is 24.7 Å². The first kappa shape index (κ1) is 29.4. The van der Waals surface area contributed by atoms with Gasteiger partial charge in [-0.1, -0.05) is 11.6 Å². The predicted octanol–water partition coefficient (Wildman–Crippen LogP) is 3.15. The number of carbonyl (C=O) groups is 2. The van der Waals surface area contributed by atoms with Crippen molar-refractivity contribution in [3.05, 3.63) is 76.3 Å². The highest BCUT2D eigenvalue weighted by molar-refractivity contribution is 7.90. The van der Waals surface area contributed by atoms with Crippen LogP contribution in [0.25, 0.3) is 0 Å². The molecule has 3 aromatic rings. The van der Waals surface area contributed by atoms with Crippen molar-refractivity contribution in [3.8, 4) is 5.75 Å². The quantitative estimate of drug-likeness (QED) is 0.206. The highest BCUT2D eigenvalue weighted by Crippen LogP contribution is 2.26. The number of benzene rings is 1. The first-order valence-electron chi connectivity index (χ1n) is 12.4. The average Bonchev–Trinajstić information content (AvgIpc) is 2.92. The molecule has 4 rings (SSSR count). The van der Waals surface area contributed by atoms with Gasteiger partial charge >= 0.3 is 0 Å². The van der Waals surface area contributed by atoms with E-state index in [1.54, 1.807) is 12.1 Å². The zero-order valence-electron chi connectivity index (χ0n) is 21.6. The van der Waals surface area contributed by atoms with Gasteiger partial charge in [0, 0.05) is 25.1 Å². The number of hydroxylamine groups is 3. The largest absolute Gasteiger partial charge is 0.633 e. The minimum Gasteiger partial charge on any atom is -0.633 e. The van der Waals surface area contributed by atoms with Crippen LogP contribution in [-0.4, -0.2) is 80.6 Å². The molecule has 3 heterocycles. The molecule has 12 nitrogen and oxygen atoms in total. The number of rotatable bonds is 10. The molecule has 1 fully saturated rings. The van der Waals surface area contributed by atoms with E-state index >= 15 is 0 Å². The van der Waals surface area contributed by atoms with E-state index in [1.165, 1.54) is 42.7 Å². The Bertz CT molecular complexity index is 1480. The number of nitrogens with zero attached hydrogens (tertiary/aromatic N) is 3. The molecule has 1 saturated heterocycles. The molecule has 0 bridgehead atoms. The van der Waals surface area contributed by atoms with E-state index in [-0.39, 0.29) is 40.0 Å². The molecule has 1 aliphatic rings. The van der Waals surface area contributed by atoms with Crippen LogP contribution in [0, 0.1) is 5.21 Å². The summed E-state index contributed by atoms with van der Waals surface area (Å²) < 4.78 is 35.0. The normalized spacial score (nSPS) is 14.8. The highest BCUT2D eigenvalue weighted by Gasteiger charge is 2.23. The number of morpholine rings is 1. The SMILES string of the molecule is CS(=O)(=O)c1ccc(C(=O)Nc2cccnc2C(=O)Nc2ccc(Cl)cn2)c(OCCC[N+]2([O-])CCOCC2)c1. The summed E-state index contributed by atoms with van der Waals surface area (Å²) in [5, 5.41) is 18.4. The van der Waals surface area contributed by atoms with Gasteiger partial charge in [-0.05, 0) is 42.5 Å². The molecule has 14 heteroatoms. The van der Waals surface area contributed by atoms with Gasteiger partial charge in [-0.2, -0.15) is 0 Å². The van der Waals surface area contributed by atoms with Crippen molar-refractivity contribution in [2.24, 2.45) is 0 Å². The zero-order valence-corrected chi connectivity index (χ0v) is 23.2. The second-order valence-corrected chi connectivity index (χ2v) is 11.6. The summed E-state index contributed by atoms with van der Waals surface area (Å²) in [6.07, 6.45) is 4.21. The lowest BCUT2D eigenvalue weighted by Crippen LogP contribution is -2.51. The fourth-order valence-corrected chi connectivity index (χ4v) is 4.72. The summed E-state index contributed by atoms with van der Waals surface area (Å²) in [5.41, 5.74) is 0.0828. The maximum absolute atomic E-state index is 13.3. The van der Waals surface area contributed by atoms with E-state index in [0.717, 1.165) is 6.26 Å². The van der Waals surface area contributed by atoms with Crippen molar-refractivity contribution in [1.82, 2.24) is 9.97 Å². The van der Waals surface area contributed by atoms with Gasteiger partial charge in [-0.3, -0.25) is 9.59 Å². The Labute approximate surface area is 236 Å². The number of hydrogen-bond donors (Lipinski definition) is 2. The third-order valence-electron chi connectivity index (χ3n) is 6.12. The van der Waals surface area contributed by atoms with Crippen LogP contribution in [0.3, 0.4) is 0 Å². The maximum atomic E-state index is 13.3. The fraction of sp³-hybridized carbons (Fsp3) is 0.308. The summed E-state index contributed by atoms with van der Waals surface area (Å²) in [7, 11) is -3.59. The third kappa shape index (κ3) is 7.73. The van der Waals surface area contributed by atoms with Crippen LogP contribution in [0.2, 0.25) is 5.02 Å².